The molecule has 6 nitrogen and oxygen atoms in total. The van der Waals surface area contributed by atoms with Crippen molar-refractivity contribution in [2.24, 2.45) is 0 Å². The van der Waals surface area contributed by atoms with E-state index in [1.165, 1.54) is 0 Å². The second-order valence-electron chi connectivity index (χ2n) is 7.96. The predicted octanol–water partition coefficient (Wildman–Crippen LogP) is 5.59. The zero-order chi connectivity index (χ0) is 23.4. The molecule has 0 aliphatic rings. The van der Waals surface area contributed by atoms with E-state index >= 15 is 0 Å². The van der Waals surface area contributed by atoms with E-state index in [0.29, 0.717) is 29.4 Å². The van der Waals surface area contributed by atoms with Gasteiger partial charge in [0.2, 0.25) is 0 Å². The first-order valence-electron chi connectivity index (χ1n) is 10.9. The molecule has 0 spiro atoms. The molecular formula is C26H27ClN4O2. The van der Waals surface area contributed by atoms with Crippen LogP contribution in [0.1, 0.15) is 34.3 Å². The van der Waals surface area contributed by atoms with Gasteiger partial charge >= 0.3 is 0 Å². The third-order valence-electron chi connectivity index (χ3n) is 5.47. The lowest BCUT2D eigenvalue weighted by atomic mass is 10.1. The fourth-order valence-corrected chi connectivity index (χ4v) is 4.14. The van der Waals surface area contributed by atoms with Crippen molar-refractivity contribution in [1.29, 1.82) is 0 Å². The van der Waals surface area contributed by atoms with E-state index in [1.54, 1.807) is 23.3 Å². The third-order valence-corrected chi connectivity index (χ3v) is 5.80. The number of rotatable bonds is 8. The lowest BCUT2D eigenvalue weighted by Gasteiger charge is -2.25. The molecule has 7 heteroatoms. The van der Waals surface area contributed by atoms with E-state index in [1.807, 2.05) is 78.3 Å². The number of hydrogen-bond acceptors (Lipinski definition) is 4. The summed E-state index contributed by atoms with van der Waals surface area (Å²) in [5.41, 5.74) is 3.38. The molecule has 33 heavy (non-hydrogen) atoms. The number of furan rings is 1. The van der Waals surface area contributed by atoms with Crippen molar-refractivity contribution in [3.8, 4) is 5.69 Å². The number of aromatic nitrogens is 2. The normalized spacial score (nSPS) is 10.9. The fourth-order valence-electron chi connectivity index (χ4n) is 3.93. The molecule has 0 bridgehead atoms. The van der Waals surface area contributed by atoms with Crippen molar-refractivity contribution < 1.29 is 9.21 Å². The summed E-state index contributed by atoms with van der Waals surface area (Å²) in [5, 5.41) is 5.33. The van der Waals surface area contributed by atoms with Crippen LogP contribution in [0.2, 0.25) is 5.02 Å². The minimum atomic E-state index is -0.156. The van der Waals surface area contributed by atoms with Crippen LogP contribution in [-0.2, 0) is 19.5 Å². The molecule has 2 heterocycles. The Labute approximate surface area is 199 Å². The van der Waals surface area contributed by atoms with Crippen molar-refractivity contribution in [1.82, 2.24) is 14.7 Å². The largest absolute Gasteiger partial charge is 0.467 e. The Morgan fingerprint density at radius 2 is 1.73 bits per heavy atom. The standard InChI is InChI=1S/C26H27ClN4O2/c1-4-24-22(25(29(2)3)31(28-24)19-11-6-5-7-12-19)18-30(17-20-13-10-16-33-20)26(32)21-14-8-9-15-23(21)27/h5-16H,4,17-18H2,1-3H3. The number of hydrogen-bond donors (Lipinski definition) is 0. The SMILES string of the molecule is CCc1nn(-c2ccccc2)c(N(C)C)c1CN(Cc1ccco1)C(=O)c1ccccc1Cl. The monoisotopic (exact) mass is 462 g/mol. The maximum absolute atomic E-state index is 13.6. The second-order valence-corrected chi connectivity index (χ2v) is 8.37. The number of nitrogens with zero attached hydrogens (tertiary/aromatic N) is 4. The molecule has 0 unspecified atom stereocenters. The Balaban J connectivity index is 1.79. The highest BCUT2D eigenvalue weighted by atomic mass is 35.5. The van der Waals surface area contributed by atoms with Crippen LogP contribution in [0.25, 0.3) is 5.69 Å². The molecule has 0 fully saturated rings. The van der Waals surface area contributed by atoms with E-state index in [9.17, 15) is 4.79 Å². The first-order chi connectivity index (χ1) is 16.0. The van der Waals surface area contributed by atoms with Gasteiger partial charge in [0, 0.05) is 19.7 Å². The summed E-state index contributed by atoms with van der Waals surface area (Å²) < 4.78 is 7.51. The van der Waals surface area contributed by atoms with E-state index < -0.39 is 0 Å². The Morgan fingerprint density at radius 1 is 1.00 bits per heavy atom. The van der Waals surface area contributed by atoms with Crippen LogP contribution < -0.4 is 4.90 Å². The van der Waals surface area contributed by atoms with Crippen molar-refractivity contribution >= 4 is 23.3 Å². The molecule has 0 aliphatic carbocycles. The second kappa shape index (κ2) is 9.96. The summed E-state index contributed by atoms with van der Waals surface area (Å²) in [5.74, 6) is 1.49. The van der Waals surface area contributed by atoms with Gasteiger partial charge in [0.25, 0.3) is 5.91 Å². The van der Waals surface area contributed by atoms with Crippen LogP contribution in [-0.4, -0.2) is 34.7 Å². The lowest BCUT2D eigenvalue weighted by molar-refractivity contribution is 0.0717. The van der Waals surface area contributed by atoms with Crippen molar-refractivity contribution in [2.75, 3.05) is 19.0 Å². The average Bonchev–Trinajstić information content (AvgIpc) is 3.47. The molecule has 2 aromatic carbocycles. The summed E-state index contributed by atoms with van der Waals surface area (Å²) in [6.07, 6.45) is 2.36. The van der Waals surface area contributed by atoms with E-state index in [4.69, 9.17) is 21.1 Å². The topological polar surface area (TPSA) is 54.5 Å². The van der Waals surface area contributed by atoms with Crippen molar-refractivity contribution in [2.45, 2.75) is 26.4 Å². The molecule has 170 valence electrons. The number of amides is 1. The zero-order valence-electron chi connectivity index (χ0n) is 19.0. The quantitative estimate of drug-likeness (QED) is 0.342. The highest BCUT2D eigenvalue weighted by Gasteiger charge is 2.26. The molecule has 4 aromatic rings. The van der Waals surface area contributed by atoms with Gasteiger partial charge in [0.05, 0.1) is 41.3 Å². The van der Waals surface area contributed by atoms with Crippen LogP contribution in [0.4, 0.5) is 5.82 Å². The Hall–Kier alpha value is -3.51. The molecule has 0 aliphatic heterocycles. The summed E-state index contributed by atoms with van der Waals surface area (Å²) in [6.45, 7) is 2.77. The number of anilines is 1. The summed E-state index contributed by atoms with van der Waals surface area (Å²) in [6, 6.07) is 20.8. The van der Waals surface area contributed by atoms with E-state index in [-0.39, 0.29) is 5.91 Å². The summed E-state index contributed by atoms with van der Waals surface area (Å²) >= 11 is 6.38. The maximum atomic E-state index is 13.6. The smallest absolute Gasteiger partial charge is 0.256 e. The van der Waals surface area contributed by atoms with Gasteiger partial charge in [-0.3, -0.25) is 4.79 Å². The number of para-hydroxylation sites is 1. The maximum Gasteiger partial charge on any atom is 0.256 e. The lowest BCUT2D eigenvalue weighted by Crippen LogP contribution is -2.31. The van der Waals surface area contributed by atoms with Crippen LogP contribution >= 0.6 is 11.6 Å². The molecule has 2 aromatic heterocycles. The predicted molar refractivity (Wildman–Crippen MR) is 131 cm³/mol. The first-order valence-corrected chi connectivity index (χ1v) is 11.3. The van der Waals surface area contributed by atoms with Gasteiger partial charge in [-0.15, -0.1) is 0 Å². The number of halogens is 1. The molecule has 0 radical (unpaired) electrons. The van der Waals surface area contributed by atoms with Gasteiger partial charge < -0.3 is 14.2 Å². The van der Waals surface area contributed by atoms with Crippen molar-refractivity contribution in [3.63, 3.8) is 0 Å². The van der Waals surface area contributed by atoms with Gasteiger partial charge in [-0.2, -0.15) is 5.10 Å². The number of carbonyl (C=O) groups excluding carboxylic acids is 1. The highest BCUT2D eigenvalue weighted by molar-refractivity contribution is 6.33. The molecular weight excluding hydrogens is 436 g/mol. The minimum absolute atomic E-state index is 0.156. The summed E-state index contributed by atoms with van der Waals surface area (Å²) in [4.78, 5) is 17.4. The van der Waals surface area contributed by atoms with Gasteiger partial charge in [0.1, 0.15) is 11.6 Å². The fraction of sp³-hybridized carbons (Fsp3) is 0.231. The third kappa shape index (κ3) is 4.81. The van der Waals surface area contributed by atoms with Crippen LogP contribution in [0.5, 0.6) is 0 Å². The number of aryl methyl sites for hydroxylation is 1. The molecule has 4 rings (SSSR count). The highest BCUT2D eigenvalue weighted by Crippen LogP contribution is 2.30. The van der Waals surface area contributed by atoms with E-state index in [0.717, 1.165) is 29.2 Å². The molecule has 0 atom stereocenters. The van der Waals surface area contributed by atoms with Crippen molar-refractivity contribution in [3.05, 3.63) is 101 Å². The van der Waals surface area contributed by atoms with E-state index in [2.05, 4.69) is 6.92 Å². The van der Waals surface area contributed by atoms with Crippen LogP contribution in [0, 0.1) is 0 Å². The average molecular weight is 463 g/mol. The minimum Gasteiger partial charge on any atom is -0.467 e. The molecule has 0 saturated heterocycles. The zero-order valence-corrected chi connectivity index (χ0v) is 19.8. The number of benzene rings is 2. The molecule has 1 amide bonds. The van der Waals surface area contributed by atoms with Gasteiger partial charge in [0.15, 0.2) is 0 Å². The van der Waals surface area contributed by atoms with Crippen LogP contribution in [0.3, 0.4) is 0 Å². The number of carbonyl (C=O) groups is 1. The van der Waals surface area contributed by atoms with Gasteiger partial charge in [-0.25, -0.2) is 4.68 Å². The Bertz CT molecular complexity index is 1220. The molecule has 0 N–H and O–H groups in total. The Kier molecular flexibility index (Phi) is 6.84. The first kappa shape index (κ1) is 22.7. The van der Waals surface area contributed by atoms with Gasteiger partial charge in [-0.1, -0.05) is 48.9 Å². The summed E-state index contributed by atoms with van der Waals surface area (Å²) in [7, 11) is 3.98. The molecule has 0 saturated carbocycles. The van der Waals surface area contributed by atoms with Crippen LogP contribution in [0.15, 0.2) is 77.4 Å². The Morgan fingerprint density at radius 3 is 2.36 bits per heavy atom. The van der Waals surface area contributed by atoms with Gasteiger partial charge in [-0.05, 0) is 42.8 Å².